The van der Waals surface area contributed by atoms with Crippen LogP contribution in [-0.4, -0.2) is 22.7 Å². The van der Waals surface area contributed by atoms with Crippen LogP contribution in [0.4, 0.5) is 5.82 Å². The van der Waals surface area contributed by atoms with Crippen molar-refractivity contribution >= 4 is 11.7 Å². The van der Waals surface area contributed by atoms with Gasteiger partial charge < -0.3 is 10.1 Å². The van der Waals surface area contributed by atoms with Crippen molar-refractivity contribution in [3.63, 3.8) is 0 Å². The van der Waals surface area contributed by atoms with E-state index in [1.54, 1.807) is 0 Å². The first kappa shape index (κ1) is 15.1. The maximum absolute atomic E-state index is 11.9. The van der Waals surface area contributed by atoms with E-state index in [-0.39, 0.29) is 5.91 Å². The molecule has 0 fully saturated rings. The van der Waals surface area contributed by atoms with Gasteiger partial charge in [-0.05, 0) is 44.9 Å². The molecule has 0 aliphatic carbocycles. The van der Waals surface area contributed by atoms with Crippen molar-refractivity contribution in [3.05, 3.63) is 40.6 Å². The zero-order chi connectivity index (χ0) is 15.4. The first-order valence-corrected chi connectivity index (χ1v) is 6.99. The van der Waals surface area contributed by atoms with Crippen LogP contribution in [0.3, 0.4) is 0 Å². The van der Waals surface area contributed by atoms with E-state index in [1.807, 2.05) is 45.9 Å². The summed E-state index contributed by atoms with van der Waals surface area (Å²) in [6.07, 6.45) is 0.290. The Labute approximate surface area is 124 Å². The number of aromatic nitrogens is 2. The van der Waals surface area contributed by atoms with Crippen molar-refractivity contribution < 1.29 is 9.53 Å². The molecule has 21 heavy (non-hydrogen) atoms. The molecule has 1 heterocycles. The number of rotatable bonds is 5. The normalized spacial score (nSPS) is 10.5. The summed E-state index contributed by atoms with van der Waals surface area (Å²) in [5, 5.41) is 9.67. The van der Waals surface area contributed by atoms with Crippen LogP contribution in [0.1, 0.15) is 28.8 Å². The number of aromatic amines is 1. The molecule has 5 nitrogen and oxygen atoms in total. The molecule has 112 valence electrons. The van der Waals surface area contributed by atoms with Crippen LogP contribution in [0, 0.1) is 27.7 Å². The van der Waals surface area contributed by atoms with Crippen LogP contribution in [0.2, 0.25) is 0 Å². The summed E-state index contributed by atoms with van der Waals surface area (Å²) >= 11 is 0. The molecule has 2 rings (SSSR count). The van der Waals surface area contributed by atoms with E-state index in [2.05, 4.69) is 15.5 Å². The monoisotopic (exact) mass is 287 g/mol. The number of aryl methyl sites for hydroxylation is 2. The average molecular weight is 287 g/mol. The molecule has 0 bridgehead atoms. The Balaban J connectivity index is 1.85. The van der Waals surface area contributed by atoms with Crippen molar-refractivity contribution in [2.24, 2.45) is 0 Å². The Morgan fingerprint density at radius 3 is 2.67 bits per heavy atom. The lowest BCUT2D eigenvalue weighted by Gasteiger charge is -2.10. The highest BCUT2D eigenvalue weighted by Gasteiger charge is 2.10. The summed E-state index contributed by atoms with van der Waals surface area (Å²) in [7, 11) is 0. The number of carbonyl (C=O) groups is 1. The van der Waals surface area contributed by atoms with Gasteiger partial charge in [0.15, 0.2) is 5.82 Å². The molecule has 2 N–H and O–H groups in total. The summed E-state index contributed by atoms with van der Waals surface area (Å²) in [5.74, 6) is 1.31. The van der Waals surface area contributed by atoms with Crippen molar-refractivity contribution in [2.75, 3.05) is 11.9 Å². The minimum atomic E-state index is -0.102. The van der Waals surface area contributed by atoms with Gasteiger partial charge >= 0.3 is 0 Å². The van der Waals surface area contributed by atoms with Crippen LogP contribution >= 0.6 is 0 Å². The lowest BCUT2D eigenvalue weighted by atomic mass is 10.1. The number of nitrogens with one attached hydrogen (secondary N) is 2. The van der Waals surface area contributed by atoms with Crippen LogP contribution in [0.5, 0.6) is 5.75 Å². The molecule has 0 saturated carbocycles. The number of H-pyrrole nitrogens is 1. The Morgan fingerprint density at radius 1 is 1.24 bits per heavy atom. The smallest absolute Gasteiger partial charge is 0.229 e. The Morgan fingerprint density at radius 2 is 2.00 bits per heavy atom. The summed E-state index contributed by atoms with van der Waals surface area (Å²) in [6.45, 7) is 8.24. The molecule has 0 radical (unpaired) electrons. The van der Waals surface area contributed by atoms with Crippen molar-refractivity contribution in [1.29, 1.82) is 0 Å². The average Bonchev–Trinajstić information content (AvgIpc) is 2.75. The molecule has 1 aromatic heterocycles. The van der Waals surface area contributed by atoms with Gasteiger partial charge in [0.25, 0.3) is 0 Å². The SMILES string of the molecule is Cc1cccc(OCCC(=O)Nc2n[nH]c(C)c2C)c1C. The van der Waals surface area contributed by atoms with Crippen molar-refractivity contribution in [1.82, 2.24) is 10.2 Å². The summed E-state index contributed by atoms with van der Waals surface area (Å²) < 4.78 is 5.67. The maximum Gasteiger partial charge on any atom is 0.229 e. The number of hydrogen-bond donors (Lipinski definition) is 2. The second-order valence-electron chi connectivity index (χ2n) is 5.17. The zero-order valence-corrected chi connectivity index (χ0v) is 12.9. The second kappa shape index (κ2) is 6.43. The quantitative estimate of drug-likeness (QED) is 0.888. The molecule has 0 spiro atoms. The highest BCUT2D eigenvalue weighted by atomic mass is 16.5. The summed E-state index contributed by atoms with van der Waals surface area (Å²) in [5.41, 5.74) is 4.20. The predicted molar refractivity (Wildman–Crippen MR) is 82.7 cm³/mol. The van der Waals surface area contributed by atoms with Gasteiger partial charge in [0, 0.05) is 11.3 Å². The lowest BCUT2D eigenvalue weighted by molar-refractivity contribution is -0.116. The fourth-order valence-electron chi connectivity index (χ4n) is 1.94. The van der Waals surface area contributed by atoms with Gasteiger partial charge in [-0.3, -0.25) is 9.89 Å². The van der Waals surface area contributed by atoms with Gasteiger partial charge in [0.2, 0.25) is 5.91 Å². The lowest BCUT2D eigenvalue weighted by Crippen LogP contribution is -2.16. The number of hydrogen-bond acceptors (Lipinski definition) is 3. The highest BCUT2D eigenvalue weighted by molar-refractivity contribution is 5.90. The molecular weight excluding hydrogens is 266 g/mol. The number of carbonyl (C=O) groups excluding carboxylic acids is 1. The topological polar surface area (TPSA) is 67.0 Å². The van der Waals surface area contributed by atoms with E-state index >= 15 is 0 Å². The van der Waals surface area contributed by atoms with Gasteiger partial charge in [-0.15, -0.1) is 0 Å². The fourth-order valence-corrected chi connectivity index (χ4v) is 1.94. The first-order chi connectivity index (χ1) is 9.99. The summed E-state index contributed by atoms with van der Waals surface area (Å²) in [6, 6.07) is 5.91. The highest BCUT2D eigenvalue weighted by Crippen LogP contribution is 2.20. The Hall–Kier alpha value is -2.30. The van der Waals surface area contributed by atoms with Crippen LogP contribution < -0.4 is 10.1 Å². The Kier molecular flexibility index (Phi) is 4.62. The first-order valence-electron chi connectivity index (χ1n) is 6.99. The maximum atomic E-state index is 11.9. The number of benzene rings is 1. The van der Waals surface area contributed by atoms with E-state index in [1.165, 1.54) is 5.56 Å². The molecule has 0 aliphatic heterocycles. The van der Waals surface area contributed by atoms with Gasteiger partial charge in [-0.1, -0.05) is 12.1 Å². The van der Waals surface area contributed by atoms with Crippen molar-refractivity contribution in [2.45, 2.75) is 34.1 Å². The zero-order valence-electron chi connectivity index (χ0n) is 12.9. The molecule has 0 atom stereocenters. The molecule has 5 heteroatoms. The van der Waals surface area contributed by atoms with Crippen LogP contribution in [0.15, 0.2) is 18.2 Å². The summed E-state index contributed by atoms with van der Waals surface area (Å²) in [4.78, 5) is 11.9. The molecular formula is C16H21N3O2. The van der Waals surface area contributed by atoms with E-state index < -0.39 is 0 Å². The molecule has 0 aliphatic rings. The minimum Gasteiger partial charge on any atom is -0.493 e. The number of nitrogens with zero attached hydrogens (tertiary/aromatic N) is 1. The van der Waals surface area contributed by atoms with E-state index in [4.69, 9.17) is 4.74 Å². The minimum absolute atomic E-state index is 0.102. The van der Waals surface area contributed by atoms with Gasteiger partial charge in [0.05, 0.1) is 13.0 Å². The molecule has 2 aromatic rings. The van der Waals surface area contributed by atoms with Gasteiger partial charge in [-0.25, -0.2) is 0 Å². The van der Waals surface area contributed by atoms with Gasteiger partial charge in [-0.2, -0.15) is 5.10 Å². The third kappa shape index (κ3) is 3.62. The fraction of sp³-hybridized carbons (Fsp3) is 0.375. The number of amides is 1. The van der Waals surface area contributed by atoms with E-state index in [0.717, 1.165) is 22.6 Å². The molecule has 1 amide bonds. The van der Waals surface area contributed by atoms with Crippen LogP contribution in [0.25, 0.3) is 0 Å². The van der Waals surface area contributed by atoms with Crippen LogP contribution in [-0.2, 0) is 4.79 Å². The third-order valence-electron chi connectivity index (χ3n) is 3.65. The molecule has 0 saturated heterocycles. The third-order valence-corrected chi connectivity index (χ3v) is 3.65. The number of anilines is 1. The van der Waals surface area contributed by atoms with Crippen molar-refractivity contribution in [3.8, 4) is 5.75 Å². The Bertz CT molecular complexity index is 647. The second-order valence-corrected chi connectivity index (χ2v) is 5.17. The predicted octanol–water partition coefficient (Wildman–Crippen LogP) is 3.05. The van der Waals surface area contributed by atoms with E-state index in [9.17, 15) is 4.79 Å². The number of ether oxygens (including phenoxy) is 1. The van der Waals surface area contributed by atoms with E-state index in [0.29, 0.717) is 18.8 Å². The van der Waals surface area contributed by atoms with Gasteiger partial charge in [0.1, 0.15) is 5.75 Å². The standard InChI is InChI=1S/C16H21N3O2/c1-10-6-5-7-14(11(10)2)21-9-8-15(20)17-16-12(3)13(4)18-19-16/h5-7H,8-9H2,1-4H3,(H2,17,18,19,20). The molecule has 1 aromatic carbocycles. The largest absolute Gasteiger partial charge is 0.493 e. The molecule has 0 unspecified atom stereocenters.